The quantitative estimate of drug-likeness (QED) is 0.574. The number of hydrogen-bond donors (Lipinski definition) is 1. The molecule has 2 heteroatoms. The van der Waals surface area contributed by atoms with Gasteiger partial charge in [-0.1, -0.05) is 6.42 Å². The second-order valence-electron chi connectivity index (χ2n) is 3.25. The van der Waals surface area contributed by atoms with Crippen molar-refractivity contribution >= 4 is 5.97 Å². The molecular formula is C7H10O2. The van der Waals surface area contributed by atoms with Crippen LogP contribution in [0.25, 0.3) is 0 Å². The summed E-state index contributed by atoms with van der Waals surface area (Å²) in [7, 11) is 0. The summed E-state index contributed by atoms with van der Waals surface area (Å²) in [5.74, 6) is -0.000000000000000222. The Morgan fingerprint density at radius 1 is 1.67 bits per heavy atom. The van der Waals surface area contributed by atoms with Crippen LogP contribution in [0.15, 0.2) is 0 Å². The first-order valence-corrected chi connectivity index (χ1v) is 3.49. The fraction of sp³-hybridized carbons (Fsp3) is 0.857. The lowest BCUT2D eigenvalue weighted by Crippen LogP contribution is -2.13. The van der Waals surface area contributed by atoms with Crippen LogP contribution in [0.1, 0.15) is 25.7 Å². The van der Waals surface area contributed by atoms with Crippen molar-refractivity contribution in [3.8, 4) is 0 Å². The van der Waals surface area contributed by atoms with Crippen LogP contribution >= 0.6 is 0 Å². The number of fused-ring (bicyclic) bond motifs is 1. The first kappa shape index (κ1) is 5.27. The first-order chi connectivity index (χ1) is 4.26. The Bertz CT molecular complexity index is 164. The standard InChI is InChI=1S/C7H10O2/c8-6(9)7-3-1-2-5(7)4-7/h5H,1-4H2,(H,8,9). The van der Waals surface area contributed by atoms with Crippen molar-refractivity contribution < 1.29 is 9.90 Å². The van der Waals surface area contributed by atoms with E-state index in [-0.39, 0.29) is 5.41 Å². The number of carbonyl (C=O) groups is 1. The van der Waals surface area contributed by atoms with Crippen molar-refractivity contribution in [3.05, 3.63) is 0 Å². The van der Waals surface area contributed by atoms with Crippen LogP contribution in [0.2, 0.25) is 0 Å². The van der Waals surface area contributed by atoms with Gasteiger partial charge < -0.3 is 5.11 Å². The molecule has 2 rings (SSSR count). The molecule has 2 fully saturated rings. The topological polar surface area (TPSA) is 37.3 Å². The lowest BCUT2D eigenvalue weighted by Gasteiger charge is -2.01. The molecule has 0 amide bonds. The number of carboxylic acid groups (broad SMARTS) is 1. The second-order valence-corrected chi connectivity index (χ2v) is 3.25. The summed E-state index contributed by atoms with van der Waals surface area (Å²) in [6, 6.07) is 0. The van der Waals surface area contributed by atoms with E-state index < -0.39 is 5.97 Å². The molecule has 2 saturated carbocycles. The number of hydrogen-bond acceptors (Lipinski definition) is 1. The zero-order valence-corrected chi connectivity index (χ0v) is 5.26. The highest BCUT2D eigenvalue weighted by Crippen LogP contribution is 2.63. The smallest absolute Gasteiger partial charge is 0.309 e. The van der Waals surface area contributed by atoms with Crippen LogP contribution in [0.4, 0.5) is 0 Å². The zero-order valence-electron chi connectivity index (χ0n) is 5.26. The summed E-state index contributed by atoms with van der Waals surface area (Å²) in [5, 5.41) is 8.71. The fourth-order valence-electron chi connectivity index (χ4n) is 2.10. The van der Waals surface area contributed by atoms with Gasteiger partial charge in [-0.2, -0.15) is 0 Å². The largest absolute Gasteiger partial charge is 0.481 e. The monoisotopic (exact) mass is 126 g/mol. The third-order valence-electron chi connectivity index (χ3n) is 2.83. The van der Waals surface area contributed by atoms with E-state index in [0.717, 1.165) is 25.7 Å². The molecule has 0 spiro atoms. The van der Waals surface area contributed by atoms with E-state index in [1.54, 1.807) is 0 Å². The molecule has 0 bridgehead atoms. The average molecular weight is 126 g/mol. The van der Waals surface area contributed by atoms with Crippen LogP contribution < -0.4 is 0 Å². The van der Waals surface area contributed by atoms with Crippen molar-refractivity contribution in [2.45, 2.75) is 25.7 Å². The molecule has 0 heterocycles. The van der Waals surface area contributed by atoms with Gasteiger partial charge in [0.25, 0.3) is 0 Å². The third-order valence-corrected chi connectivity index (χ3v) is 2.83. The number of aliphatic carboxylic acids is 1. The van der Waals surface area contributed by atoms with Crippen molar-refractivity contribution in [2.24, 2.45) is 11.3 Å². The van der Waals surface area contributed by atoms with E-state index in [0.29, 0.717) is 5.92 Å². The van der Waals surface area contributed by atoms with Gasteiger partial charge >= 0.3 is 5.97 Å². The molecule has 0 aromatic heterocycles. The molecule has 0 aromatic rings. The molecule has 0 aliphatic heterocycles. The maximum absolute atomic E-state index is 10.6. The van der Waals surface area contributed by atoms with E-state index in [4.69, 9.17) is 5.11 Å². The molecule has 0 aromatic carbocycles. The Morgan fingerprint density at radius 2 is 2.44 bits per heavy atom. The summed E-state index contributed by atoms with van der Waals surface area (Å²) in [6.45, 7) is 0. The van der Waals surface area contributed by atoms with E-state index in [9.17, 15) is 4.79 Å². The number of rotatable bonds is 1. The van der Waals surface area contributed by atoms with Gasteiger partial charge in [-0.15, -0.1) is 0 Å². The number of carboxylic acids is 1. The van der Waals surface area contributed by atoms with E-state index >= 15 is 0 Å². The second kappa shape index (κ2) is 1.31. The van der Waals surface area contributed by atoms with Gasteiger partial charge in [0.1, 0.15) is 0 Å². The molecule has 2 aliphatic rings. The summed E-state index contributed by atoms with van der Waals surface area (Å²) in [5.41, 5.74) is -0.222. The highest BCUT2D eigenvalue weighted by Gasteiger charge is 2.62. The third kappa shape index (κ3) is 0.485. The van der Waals surface area contributed by atoms with Gasteiger partial charge in [-0.25, -0.2) is 0 Å². The van der Waals surface area contributed by atoms with Crippen LogP contribution in [0, 0.1) is 11.3 Å². The Hall–Kier alpha value is -0.530. The molecule has 0 radical (unpaired) electrons. The van der Waals surface area contributed by atoms with Crippen LogP contribution in [0.3, 0.4) is 0 Å². The maximum atomic E-state index is 10.6. The Labute approximate surface area is 53.9 Å². The molecule has 2 nitrogen and oxygen atoms in total. The van der Waals surface area contributed by atoms with Crippen LogP contribution in [-0.2, 0) is 4.79 Å². The summed E-state index contributed by atoms with van der Waals surface area (Å²) in [6.07, 6.45) is 4.19. The summed E-state index contributed by atoms with van der Waals surface area (Å²) >= 11 is 0. The molecule has 2 atom stereocenters. The van der Waals surface area contributed by atoms with Crippen LogP contribution in [-0.4, -0.2) is 11.1 Å². The van der Waals surface area contributed by atoms with Gasteiger partial charge in [0, 0.05) is 0 Å². The molecular weight excluding hydrogens is 116 g/mol. The highest BCUT2D eigenvalue weighted by atomic mass is 16.4. The predicted molar refractivity (Wildman–Crippen MR) is 32.0 cm³/mol. The lowest BCUT2D eigenvalue weighted by molar-refractivity contribution is -0.143. The SMILES string of the molecule is O=C(O)C12CCCC1C2. The Balaban J connectivity index is 2.19. The minimum absolute atomic E-state index is 0.222. The minimum Gasteiger partial charge on any atom is -0.481 e. The van der Waals surface area contributed by atoms with Gasteiger partial charge in [0.05, 0.1) is 5.41 Å². The lowest BCUT2D eigenvalue weighted by atomic mass is 10.1. The Kier molecular flexibility index (Phi) is 0.765. The Morgan fingerprint density at radius 3 is 2.67 bits per heavy atom. The van der Waals surface area contributed by atoms with Gasteiger partial charge in [-0.05, 0) is 25.2 Å². The maximum Gasteiger partial charge on any atom is 0.309 e. The van der Waals surface area contributed by atoms with Crippen LogP contribution in [0.5, 0.6) is 0 Å². The molecule has 2 aliphatic carbocycles. The van der Waals surface area contributed by atoms with Gasteiger partial charge in [0.2, 0.25) is 0 Å². The van der Waals surface area contributed by atoms with Crippen molar-refractivity contribution in [2.75, 3.05) is 0 Å². The van der Waals surface area contributed by atoms with Crippen molar-refractivity contribution in [1.29, 1.82) is 0 Å². The normalized spacial score (nSPS) is 46.4. The van der Waals surface area contributed by atoms with Gasteiger partial charge in [0.15, 0.2) is 0 Å². The van der Waals surface area contributed by atoms with Crippen molar-refractivity contribution in [3.63, 3.8) is 0 Å². The molecule has 50 valence electrons. The van der Waals surface area contributed by atoms with Gasteiger partial charge in [-0.3, -0.25) is 4.79 Å². The van der Waals surface area contributed by atoms with E-state index in [1.807, 2.05) is 0 Å². The minimum atomic E-state index is -0.551. The molecule has 1 N–H and O–H groups in total. The first-order valence-electron chi connectivity index (χ1n) is 3.49. The summed E-state index contributed by atoms with van der Waals surface area (Å²) < 4.78 is 0. The average Bonchev–Trinajstić information content (AvgIpc) is 2.38. The molecule has 9 heavy (non-hydrogen) atoms. The summed E-state index contributed by atoms with van der Waals surface area (Å²) in [4.78, 5) is 10.6. The fourth-order valence-corrected chi connectivity index (χ4v) is 2.10. The van der Waals surface area contributed by atoms with Crippen molar-refractivity contribution in [1.82, 2.24) is 0 Å². The highest BCUT2D eigenvalue weighted by molar-refractivity contribution is 5.79. The van der Waals surface area contributed by atoms with E-state index in [2.05, 4.69) is 0 Å². The predicted octanol–water partition coefficient (Wildman–Crippen LogP) is 1.26. The zero-order chi connectivity index (χ0) is 6.48. The van der Waals surface area contributed by atoms with E-state index in [1.165, 1.54) is 0 Å². The molecule has 2 unspecified atom stereocenters. The molecule has 0 saturated heterocycles.